The molecule has 6 nitrogen and oxygen atoms in total. The van der Waals surface area contributed by atoms with Crippen molar-refractivity contribution in [3.63, 3.8) is 0 Å². The van der Waals surface area contributed by atoms with Crippen LogP contribution in [0.25, 0.3) is 22.5 Å². The summed E-state index contributed by atoms with van der Waals surface area (Å²) in [5, 5.41) is 10.2. The average molecular weight is 431 g/mol. The molecule has 1 aliphatic heterocycles. The van der Waals surface area contributed by atoms with Crippen molar-refractivity contribution in [1.29, 1.82) is 0 Å². The van der Waals surface area contributed by atoms with Gasteiger partial charge in [-0.25, -0.2) is 19.0 Å². The summed E-state index contributed by atoms with van der Waals surface area (Å²) in [4.78, 5) is 13.6. The van der Waals surface area contributed by atoms with Gasteiger partial charge >= 0.3 is 0 Å². The molecular weight excluding hydrogens is 411 g/mol. The van der Waals surface area contributed by atoms with Gasteiger partial charge in [0.05, 0.1) is 0 Å². The minimum Gasteiger partial charge on any atom is -0.291 e. The first-order valence-electron chi connectivity index (χ1n) is 10.3. The first-order chi connectivity index (χ1) is 15.2. The Morgan fingerprint density at radius 3 is 2.61 bits per heavy atom. The molecule has 1 fully saturated rings. The molecule has 0 radical (unpaired) electrons. The zero-order valence-corrected chi connectivity index (χ0v) is 17.4. The van der Waals surface area contributed by atoms with Gasteiger partial charge in [-0.3, -0.25) is 10.3 Å². The van der Waals surface area contributed by atoms with Crippen LogP contribution in [0.15, 0.2) is 71.2 Å². The van der Waals surface area contributed by atoms with E-state index in [2.05, 4.69) is 16.4 Å². The maximum atomic E-state index is 13.4. The zero-order valence-electron chi connectivity index (χ0n) is 16.6. The van der Waals surface area contributed by atoms with Crippen molar-refractivity contribution in [3.8, 4) is 22.5 Å². The van der Waals surface area contributed by atoms with Crippen LogP contribution in [-0.2, 0) is 0 Å². The molecule has 1 aliphatic carbocycles. The summed E-state index contributed by atoms with van der Waals surface area (Å²) in [6.45, 7) is 0.930. The highest BCUT2D eigenvalue weighted by atomic mass is 32.2. The Bertz CT molecular complexity index is 1240. The Labute approximate surface area is 183 Å². The van der Waals surface area contributed by atoms with E-state index in [4.69, 9.17) is 15.1 Å². The van der Waals surface area contributed by atoms with Crippen molar-refractivity contribution in [2.45, 2.75) is 29.2 Å². The summed E-state index contributed by atoms with van der Waals surface area (Å²) in [5.41, 5.74) is 3.88. The molecule has 0 amide bonds. The molecule has 3 aromatic heterocycles. The molecule has 1 saturated carbocycles. The first kappa shape index (κ1) is 18.7. The van der Waals surface area contributed by atoms with Crippen LogP contribution in [0.5, 0.6) is 0 Å². The maximum absolute atomic E-state index is 13.4. The number of pyridine rings is 2. The van der Waals surface area contributed by atoms with Crippen molar-refractivity contribution in [1.82, 2.24) is 30.0 Å². The SMILES string of the molecule is Fc1ccc(-c2cnc3c(c2)[C@H](NCC2CC2)n2nc(-c4ccncc4)nc2S3)cc1. The van der Waals surface area contributed by atoms with Gasteiger partial charge < -0.3 is 0 Å². The maximum Gasteiger partial charge on any atom is 0.194 e. The fraction of sp³-hybridized carbons (Fsp3) is 0.217. The van der Waals surface area contributed by atoms with Crippen molar-refractivity contribution in [2.24, 2.45) is 5.92 Å². The van der Waals surface area contributed by atoms with E-state index >= 15 is 0 Å². The molecule has 1 N–H and O–H groups in total. The second-order valence-electron chi connectivity index (χ2n) is 7.88. The lowest BCUT2D eigenvalue weighted by atomic mass is 10.0. The average Bonchev–Trinajstić information content (AvgIpc) is 3.54. The number of fused-ring (bicyclic) bond motifs is 2. The number of aromatic nitrogens is 5. The smallest absolute Gasteiger partial charge is 0.194 e. The van der Waals surface area contributed by atoms with Crippen LogP contribution >= 0.6 is 11.8 Å². The molecule has 1 aromatic carbocycles. The Morgan fingerprint density at radius 1 is 1.03 bits per heavy atom. The predicted molar refractivity (Wildman–Crippen MR) is 116 cm³/mol. The molecular formula is C23H19FN6S. The second-order valence-corrected chi connectivity index (χ2v) is 8.84. The number of rotatable bonds is 5. The van der Waals surface area contributed by atoms with Gasteiger partial charge in [0.25, 0.3) is 0 Å². The lowest BCUT2D eigenvalue weighted by Gasteiger charge is -2.26. The fourth-order valence-corrected chi connectivity index (χ4v) is 4.67. The van der Waals surface area contributed by atoms with Gasteiger partial charge in [0.2, 0.25) is 0 Å². The molecule has 2 aliphatic rings. The van der Waals surface area contributed by atoms with E-state index < -0.39 is 0 Å². The molecule has 154 valence electrons. The summed E-state index contributed by atoms with van der Waals surface area (Å²) in [6, 6.07) is 12.5. The number of nitrogens with one attached hydrogen (secondary N) is 1. The van der Waals surface area contributed by atoms with Gasteiger partial charge in [0.15, 0.2) is 11.0 Å². The van der Waals surface area contributed by atoms with Gasteiger partial charge in [-0.1, -0.05) is 12.1 Å². The standard InChI is InChI=1S/C23H19FN6S/c24-18-5-3-15(4-6-18)17-11-19-21(26-12-14-1-2-14)30-23(31-22(19)27-13-17)28-20(29-30)16-7-9-25-10-8-16/h3-11,13-14,21,26H,1-2,12H2/t21-/m1/s1. The number of nitrogens with zero attached hydrogens (tertiary/aromatic N) is 5. The lowest BCUT2D eigenvalue weighted by Crippen LogP contribution is -2.33. The third kappa shape index (κ3) is 3.62. The van der Waals surface area contributed by atoms with Crippen molar-refractivity contribution in [2.75, 3.05) is 6.54 Å². The summed E-state index contributed by atoms with van der Waals surface area (Å²) in [7, 11) is 0. The van der Waals surface area contributed by atoms with E-state index in [1.807, 2.05) is 23.0 Å². The minimum atomic E-state index is -0.245. The van der Waals surface area contributed by atoms with Crippen molar-refractivity contribution in [3.05, 3.63) is 72.4 Å². The molecule has 4 aromatic rings. The van der Waals surface area contributed by atoms with E-state index in [1.54, 1.807) is 24.5 Å². The monoisotopic (exact) mass is 430 g/mol. The van der Waals surface area contributed by atoms with E-state index in [-0.39, 0.29) is 12.0 Å². The Balaban J connectivity index is 1.41. The minimum absolute atomic E-state index is 0.150. The Morgan fingerprint density at radius 2 is 1.84 bits per heavy atom. The zero-order chi connectivity index (χ0) is 20.8. The van der Waals surface area contributed by atoms with Crippen LogP contribution in [0, 0.1) is 11.7 Å². The van der Waals surface area contributed by atoms with E-state index in [0.717, 1.165) is 44.9 Å². The van der Waals surface area contributed by atoms with Gasteiger partial charge in [-0.05, 0) is 66.4 Å². The van der Waals surface area contributed by atoms with Crippen molar-refractivity contribution >= 4 is 11.8 Å². The lowest BCUT2D eigenvalue weighted by molar-refractivity contribution is 0.381. The first-order valence-corrected chi connectivity index (χ1v) is 11.1. The van der Waals surface area contributed by atoms with Crippen LogP contribution in [0.1, 0.15) is 24.6 Å². The summed E-state index contributed by atoms with van der Waals surface area (Å²) < 4.78 is 15.3. The number of hydrogen-bond donors (Lipinski definition) is 1. The topological polar surface area (TPSA) is 68.5 Å². The summed E-state index contributed by atoms with van der Waals surface area (Å²) >= 11 is 1.52. The van der Waals surface area contributed by atoms with E-state index in [1.165, 1.54) is 36.7 Å². The highest BCUT2D eigenvalue weighted by Gasteiger charge is 2.32. The molecule has 0 unspecified atom stereocenters. The second kappa shape index (κ2) is 7.55. The fourth-order valence-electron chi connectivity index (χ4n) is 3.74. The van der Waals surface area contributed by atoms with Gasteiger partial charge in [-0.15, -0.1) is 5.10 Å². The van der Waals surface area contributed by atoms with Gasteiger partial charge in [0, 0.05) is 41.8 Å². The highest BCUT2D eigenvalue weighted by Crippen LogP contribution is 2.41. The van der Waals surface area contributed by atoms with Crippen LogP contribution in [0.4, 0.5) is 4.39 Å². The van der Waals surface area contributed by atoms with Gasteiger partial charge in [0.1, 0.15) is 17.0 Å². The van der Waals surface area contributed by atoms with Crippen LogP contribution in [-0.4, -0.2) is 31.3 Å². The van der Waals surface area contributed by atoms with Crippen LogP contribution in [0.3, 0.4) is 0 Å². The quantitative estimate of drug-likeness (QED) is 0.501. The Kier molecular flexibility index (Phi) is 4.54. The van der Waals surface area contributed by atoms with Gasteiger partial charge in [-0.2, -0.15) is 0 Å². The van der Waals surface area contributed by atoms with Crippen LogP contribution < -0.4 is 5.32 Å². The number of hydrogen-bond acceptors (Lipinski definition) is 6. The van der Waals surface area contributed by atoms with Crippen molar-refractivity contribution < 1.29 is 4.39 Å². The molecule has 4 heterocycles. The molecule has 31 heavy (non-hydrogen) atoms. The largest absolute Gasteiger partial charge is 0.291 e. The molecule has 0 bridgehead atoms. The van der Waals surface area contributed by atoms with E-state index in [0.29, 0.717) is 5.82 Å². The normalized spacial score (nSPS) is 17.3. The summed E-state index contributed by atoms with van der Waals surface area (Å²) in [6.07, 6.45) is 7.71. The predicted octanol–water partition coefficient (Wildman–Crippen LogP) is 4.55. The molecule has 8 heteroatoms. The summed E-state index contributed by atoms with van der Waals surface area (Å²) in [5.74, 6) is 1.15. The Hall–Kier alpha value is -3.10. The third-order valence-corrected chi connectivity index (χ3v) is 6.61. The number of benzene rings is 1. The highest BCUT2D eigenvalue weighted by molar-refractivity contribution is 7.99. The molecule has 0 saturated heterocycles. The molecule has 6 rings (SSSR count). The third-order valence-electron chi connectivity index (χ3n) is 5.62. The molecule has 1 atom stereocenters. The van der Waals surface area contributed by atoms with E-state index in [9.17, 15) is 4.39 Å². The molecule has 0 spiro atoms. The van der Waals surface area contributed by atoms with Crippen LogP contribution in [0.2, 0.25) is 0 Å². The number of halogens is 1.